The molecule has 15 heavy (non-hydrogen) atoms. The first kappa shape index (κ1) is 10.6. The molecule has 0 bridgehead atoms. The van der Waals surface area contributed by atoms with Crippen LogP contribution in [-0.4, -0.2) is 10.9 Å². The van der Waals surface area contributed by atoms with Gasteiger partial charge in [0.1, 0.15) is 5.82 Å². The van der Waals surface area contributed by atoms with Crippen molar-refractivity contribution in [1.82, 2.24) is 4.98 Å². The van der Waals surface area contributed by atoms with Gasteiger partial charge in [0.2, 0.25) is 0 Å². The molecule has 0 spiro atoms. The predicted octanol–water partition coefficient (Wildman–Crippen LogP) is 3.73. The molecule has 0 aliphatic rings. The number of alkyl halides is 1. The van der Waals surface area contributed by atoms with Crippen LogP contribution in [0.3, 0.4) is 0 Å². The number of hydrogen-bond donors (Lipinski definition) is 0. The second-order valence-electron chi connectivity index (χ2n) is 3.08. The molecule has 0 radical (unpaired) electrons. The molecule has 0 aliphatic carbocycles. The summed E-state index contributed by atoms with van der Waals surface area (Å²) < 4.78 is 13.0. The third-order valence-electron chi connectivity index (χ3n) is 1.98. The van der Waals surface area contributed by atoms with Crippen LogP contribution in [0.1, 0.15) is 5.01 Å². The standard InChI is InChI=1S/C11H9ClFNS/c12-5-4-11-14-10(7-15-11)8-2-1-3-9(13)6-8/h1-3,6-7H,4-5H2. The van der Waals surface area contributed by atoms with Crippen molar-refractivity contribution in [3.63, 3.8) is 0 Å². The number of aromatic nitrogens is 1. The first-order valence-corrected chi connectivity index (χ1v) is 5.97. The highest BCUT2D eigenvalue weighted by molar-refractivity contribution is 7.10. The third kappa shape index (κ3) is 2.55. The van der Waals surface area contributed by atoms with Crippen LogP contribution in [0.15, 0.2) is 29.6 Å². The molecule has 0 fully saturated rings. The Morgan fingerprint density at radius 1 is 1.40 bits per heavy atom. The normalized spacial score (nSPS) is 10.5. The zero-order valence-electron chi connectivity index (χ0n) is 7.91. The molecule has 0 atom stereocenters. The van der Waals surface area contributed by atoms with Gasteiger partial charge in [-0.25, -0.2) is 9.37 Å². The quantitative estimate of drug-likeness (QED) is 0.747. The molecule has 0 N–H and O–H groups in total. The van der Waals surface area contributed by atoms with E-state index in [-0.39, 0.29) is 5.82 Å². The third-order valence-corrected chi connectivity index (χ3v) is 3.08. The van der Waals surface area contributed by atoms with Gasteiger partial charge in [-0.15, -0.1) is 22.9 Å². The van der Waals surface area contributed by atoms with Crippen LogP contribution in [0, 0.1) is 5.82 Å². The molecule has 0 amide bonds. The first-order valence-electron chi connectivity index (χ1n) is 4.56. The van der Waals surface area contributed by atoms with Crippen LogP contribution in [-0.2, 0) is 6.42 Å². The van der Waals surface area contributed by atoms with E-state index in [0.717, 1.165) is 22.7 Å². The highest BCUT2D eigenvalue weighted by Crippen LogP contribution is 2.22. The van der Waals surface area contributed by atoms with Gasteiger partial charge in [0, 0.05) is 23.2 Å². The van der Waals surface area contributed by atoms with Crippen molar-refractivity contribution >= 4 is 22.9 Å². The topological polar surface area (TPSA) is 12.9 Å². The molecule has 1 aromatic heterocycles. The zero-order chi connectivity index (χ0) is 10.7. The van der Waals surface area contributed by atoms with E-state index < -0.39 is 0 Å². The van der Waals surface area contributed by atoms with Crippen molar-refractivity contribution in [2.24, 2.45) is 0 Å². The van der Waals surface area contributed by atoms with E-state index >= 15 is 0 Å². The average Bonchev–Trinajstić information content (AvgIpc) is 2.67. The van der Waals surface area contributed by atoms with Gasteiger partial charge in [-0.05, 0) is 12.1 Å². The summed E-state index contributed by atoms with van der Waals surface area (Å²) >= 11 is 7.18. The fourth-order valence-corrected chi connectivity index (χ4v) is 2.39. The van der Waals surface area contributed by atoms with E-state index in [9.17, 15) is 4.39 Å². The van der Waals surface area contributed by atoms with Crippen molar-refractivity contribution < 1.29 is 4.39 Å². The lowest BCUT2D eigenvalue weighted by Crippen LogP contribution is -1.85. The summed E-state index contributed by atoms with van der Waals surface area (Å²) in [5, 5.41) is 2.92. The molecule has 78 valence electrons. The summed E-state index contributed by atoms with van der Waals surface area (Å²) in [4.78, 5) is 4.38. The van der Waals surface area contributed by atoms with E-state index in [0.29, 0.717) is 5.88 Å². The Balaban J connectivity index is 2.29. The molecule has 2 rings (SSSR count). The number of halogens is 2. The summed E-state index contributed by atoms with van der Waals surface area (Å²) in [5.41, 5.74) is 1.63. The Morgan fingerprint density at radius 2 is 2.27 bits per heavy atom. The first-order chi connectivity index (χ1) is 7.29. The fourth-order valence-electron chi connectivity index (χ4n) is 1.29. The summed E-state index contributed by atoms with van der Waals surface area (Å²) in [6.45, 7) is 0. The van der Waals surface area contributed by atoms with Gasteiger partial charge in [-0.1, -0.05) is 12.1 Å². The SMILES string of the molecule is Fc1cccc(-c2csc(CCCl)n2)c1. The molecule has 1 nitrogen and oxygen atoms in total. The minimum Gasteiger partial charge on any atom is -0.241 e. The van der Waals surface area contributed by atoms with Gasteiger partial charge < -0.3 is 0 Å². The van der Waals surface area contributed by atoms with Crippen LogP contribution in [0.25, 0.3) is 11.3 Å². The van der Waals surface area contributed by atoms with Crippen LogP contribution >= 0.6 is 22.9 Å². The summed E-state index contributed by atoms with van der Waals surface area (Å²) in [6, 6.07) is 6.45. The lowest BCUT2D eigenvalue weighted by molar-refractivity contribution is 0.628. The average molecular weight is 242 g/mol. The van der Waals surface area contributed by atoms with Crippen molar-refractivity contribution in [2.45, 2.75) is 6.42 Å². The smallest absolute Gasteiger partial charge is 0.123 e. The number of nitrogens with zero attached hydrogens (tertiary/aromatic N) is 1. The van der Waals surface area contributed by atoms with Crippen LogP contribution in [0.5, 0.6) is 0 Å². The Hall–Kier alpha value is -0.930. The molecular formula is C11H9ClFNS. The molecule has 0 aliphatic heterocycles. The monoisotopic (exact) mass is 241 g/mol. The molecule has 2 aromatic rings. The van der Waals surface area contributed by atoms with Gasteiger partial charge in [0.05, 0.1) is 10.7 Å². The van der Waals surface area contributed by atoms with Crippen LogP contribution in [0.4, 0.5) is 4.39 Å². The van der Waals surface area contributed by atoms with Crippen molar-refractivity contribution in [3.8, 4) is 11.3 Å². The van der Waals surface area contributed by atoms with Crippen LogP contribution < -0.4 is 0 Å². The maximum atomic E-state index is 13.0. The number of rotatable bonds is 3. The van der Waals surface area contributed by atoms with Gasteiger partial charge >= 0.3 is 0 Å². The fraction of sp³-hybridized carbons (Fsp3) is 0.182. The largest absolute Gasteiger partial charge is 0.241 e. The molecular weight excluding hydrogens is 233 g/mol. The van der Waals surface area contributed by atoms with Gasteiger partial charge in [0.15, 0.2) is 0 Å². The second kappa shape index (κ2) is 4.73. The molecule has 1 heterocycles. The summed E-state index contributed by atoms with van der Waals surface area (Å²) in [6.07, 6.45) is 0.765. The van der Waals surface area contributed by atoms with E-state index in [4.69, 9.17) is 11.6 Å². The Morgan fingerprint density at radius 3 is 3.00 bits per heavy atom. The maximum Gasteiger partial charge on any atom is 0.123 e. The maximum absolute atomic E-state index is 13.0. The number of benzene rings is 1. The summed E-state index contributed by atoms with van der Waals surface area (Å²) in [5.74, 6) is 0.329. The Bertz CT molecular complexity index is 455. The van der Waals surface area contributed by atoms with Crippen molar-refractivity contribution in [3.05, 3.63) is 40.5 Å². The molecule has 0 unspecified atom stereocenters. The molecule has 0 saturated carbocycles. The minimum absolute atomic E-state index is 0.237. The minimum atomic E-state index is -0.237. The Kier molecular flexibility index (Phi) is 3.34. The predicted molar refractivity (Wildman–Crippen MR) is 61.9 cm³/mol. The lowest BCUT2D eigenvalue weighted by Gasteiger charge is -1.95. The number of aryl methyl sites for hydroxylation is 1. The van der Waals surface area contributed by atoms with Crippen molar-refractivity contribution in [2.75, 3.05) is 5.88 Å². The lowest BCUT2D eigenvalue weighted by atomic mass is 10.2. The highest BCUT2D eigenvalue weighted by Gasteiger charge is 2.04. The zero-order valence-corrected chi connectivity index (χ0v) is 9.48. The Labute approximate surface area is 96.5 Å². The molecule has 4 heteroatoms. The van der Waals surface area contributed by atoms with Crippen LogP contribution in [0.2, 0.25) is 0 Å². The van der Waals surface area contributed by atoms with E-state index in [1.165, 1.54) is 12.1 Å². The second-order valence-corrected chi connectivity index (χ2v) is 4.40. The number of thiazole rings is 1. The molecule has 0 saturated heterocycles. The van der Waals surface area contributed by atoms with E-state index in [2.05, 4.69) is 4.98 Å². The van der Waals surface area contributed by atoms with E-state index in [1.807, 2.05) is 11.4 Å². The van der Waals surface area contributed by atoms with Gasteiger partial charge in [-0.2, -0.15) is 0 Å². The number of hydrogen-bond acceptors (Lipinski definition) is 2. The molecule has 1 aromatic carbocycles. The van der Waals surface area contributed by atoms with Gasteiger partial charge in [0.25, 0.3) is 0 Å². The van der Waals surface area contributed by atoms with E-state index in [1.54, 1.807) is 17.4 Å². The highest BCUT2D eigenvalue weighted by atomic mass is 35.5. The van der Waals surface area contributed by atoms with Crippen molar-refractivity contribution in [1.29, 1.82) is 0 Å². The van der Waals surface area contributed by atoms with Gasteiger partial charge in [-0.3, -0.25) is 0 Å². The summed E-state index contributed by atoms with van der Waals surface area (Å²) in [7, 11) is 0.